The molecule has 0 aromatic carbocycles. The van der Waals surface area contributed by atoms with Gasteiger partial charge >= 0.3 is 11.9 Å². The predicted octanol–water partition coefficient (Wildman–Crippen LogP) is 5.06. The summed E-state index contributed by atoms with van der Waals surface area (Å²) in [5.41, 5.74) is 0. The van der Waals surface area contributed by atoms with Gasteiger partial charge in [-0.1, -0.05) is 90.4 Å². The number of ether oxygens (including phenoxy) is 1. The van der Waals surface area contributed by atoms with Crippen LogP contribution in [0.15, 0.2) is 0 Å². The molecule has 2 unspecified atom stereocenters. The number of hydrogen-bond donors (Lipinski definition) is 2. The average molecular weight is 387 g/mol. The molecule has 0 aromatic heterocycles. The lowest BCUT2D eigenvalue weighted by Gasteiger charge is -2.10. The van der Waals surface area contributed by atoms with E-state index in [1.54, 1.807) is 0 Å². The van der Waals surface area contributed by atoms with Crippen LogP contribution in [0.1, 0.15) is 117 Å². The molecule has 0 saturated heterocycles. The summed E-state index contributed by atoms with van der Waals surface area (Å²) in [6.45, 7) is 3.70. The highest BCUT2D eigenvalue weighted by Crippen LogP contribution is 2.14. The van der Waals surface area contributed by atoms with Crippen LogP contribution in [0, 0.1) is 0 Å². The van der Waals surface area contributed by atoms with Gasteiger partial charge in [0.1, 0.15) is 0 Å². The lowest BCUT2D eigenvalue weighted by atomic mass is 10.0. The molecule has 160 valence electrons. The van der Waals surface area contributed by atoms with Gasteiger partial charge in [-0.25, -0.2) is 0 Å². The highest BCUT2D eigenvalue weighted by Gasteiger charge is 2.16. The van der Waals surface area contributed by atoms with Crippen LogP contribution in [-0.4, -0.2) is 34.4 Å². The summed E-state index contributed by atoms with van der Waals surface area (Å²) in [4.78, 5) is 22.7. The first-order valence-corrected chi connectivity index (χ1v) is 11.0. The van der Waals surface area contributed by atoms with Crippen LogP contribution < -0.4 is 0 Å². The monoisotopic (exact) mass is 386 g/mol. The number of carbonyl (C=O) groups excluding carboxylic acids is 2. The van der Waals surface area contributed by atoms with Crippen LogP contribution in [0.4, 0.5) is 0 Å². The molecule has 0 heterocycles. The Balaban J connectivity index is 3.39. The van der Waals surface area contributed by atoms with Crippen molar-refractivity contribution in [3.63, 3.8) is 0 Å². The third-order valence-corrected chi connectivity index (χ3v) is 4.73. The smallest absolute Gasteiger partial charge is 0.316 e. The van der Waals surface area contributed by atoms with E-state index < -0.39 is 24.1 Å². The van der Waals surface area contributed by atoms with Gasteiger partial charge in [0.25, 0.3) is 0 Å². The van der Waals surface area contributed by atoms with E-state index in [0.29, 0.717) is 6.42 Å². The predicted molar refractivity (Wildman–Crippen MR) is 108 cm³/mol. The van der Waals surface area contributed by atoms with Gasteiger partial charge in [0, 0.05) is 0 Å². The van der Waals surface area contributed by atoms with Gasteiger partial charge in [-0.05, 0) is 13.3 Å². The summed E-state index contributed by atoms with van der Waals surface area (Å²) in [6, 6.07) is 0. The third-order valence-electron chi connectivity index (χ3n) is 4.73. The number of hydrogen-bond acceptors (Lipinski definition) is 5. The molecule has 0 spiro atoms. The van der Waals surface area contributed by atoms with Crippen molar-refractivity contribution < 1.29 is 24.5 Å². The molecule has 0 aromatic rings. The Kier molecular flexibility index (Phi) is 17.8. The van der Waals surface area contributed by atoms with Gasteiger partial charge < -0.3 is 14.9 Å². The summed E-state index contributed by atoms with van der Waals surface area (Å²) < 4.78 is 4.55. The van der Waals surface area contributed by atoms with E-state index in [9.17, 15) is 14.7 Å². The zero-order valence-electron chi connectivity index (χ0n) is 17.6. The Morgan fingerprint density at radius 1 is 0.704 bits per heavy atom. The number of rotatable bonds is 18. The Bertz CT molecular complexity index is 368. The fraction of sp³-hybridized carbons (Fsp3) is 0.909. The van der Waals surface area contributed by atoms with Crippen LogP contribution in [0.3, 0.4) is 0 Å². The maximum Gasteiger partial charge on any atom is 0.316 e. The SMILES string of the molecule is CCCCCCCCCCCCCCCC(O)CC(=O)OC(=O)CC(C)O. The van der Waals surface area contributed by atoms with E-state index in [0.717, 1.165) is 12.8 Å². The number of unbranched alkanes of at least 4 members (excludes halogenated alkanes) is 12. The van der Waals surface area contributed by atoms with E-state index in [4.69, 9.17) is 5.11 Å². The first-order chi connectivity index (χ1) is 13.0. The van der Waals surface area contributed by atoms with Gasteiger partial charge in [-0.3, -0.25) is 9.59 Å². The molecule has 0 rings (SSSR count). The van der Waals surface area contributed by atoms with E-state index in [2.05, 4.69) is 11.7 Å². The second-order valence-electron chi connectivity index (χ2n) is 7.79. The largest absolute Gasteiger partial charge is 0.393 e. The molecule has 0 saturated carbocycles. The average Bonchev–Trinajstić information content (AvgIpc) is 2.57. The summed E-state index contributed by atoms with van der Waals surface area (Å²) in [5.74, 6) is -1.47. The van der Waals surface area contributed by atoms with E-state index >= 15 is 0 Å². The first kappa shape index (κ1) is 26.1. The molecule has 0 aliphatic carbocycles. The highest BCUT2D eigenvalue weighted by molar-refractivity contribution is 5.85. The van der Waals surface area contributed by atoms with Gasteiger partial charge in [0.15, 0.2) is 0 Å². The minimum Gasteiger partial charge on any atom is -0.393 e. The molecule has 27 heavy (non-hydrogen) atoms. The molecular weight excluding hydrogens is 344 g/mol. The zero-order valence-corrected chi connectivity index (χ0v) is 17.6. The standard InChI is InChI=1S/C22H42O5/c1-3-4-5-6-7-8-9-10-11-12-13-14-15-16-20(24)18-22(26)27-21(25)17-19(2)23/h19-20,23-24H,3-18H2,1-2H3. The fourth-order valence-electron chi connectivity index (χ4n) is 3.14. The van der Waals surface area contributed by atoms with Crippen LogP contribution in [-0.2, 0) is 14.3 Å². The molecule has 5 nitrogen and oxygen atoms in total. The van der Waals surface area contributed by atoms with Crippen LogP contribution in [0.2, 0.25) is 0 Å². The highest BCUT2D eigenvalue weighted by atomic mass is 16.6. The molecule has 5 heteroatoms. The molecule has 0 aliphatic heterocycles. The lowest BCUT2D eigenvalue weighted by molar-refractivity contribution is -0.161. The summed E-state index contributed by atoms with van der Waals surface area (Å²) in [7, 11) is 0. The van der Waals surface area contributed by atoms with Gasteiger partial charge in [-0.15, -0.1) is 0 Å². The Morgan fingerprint density at radius 3 is 1.56 bits per heavy atom. The molecule has 0 radical (unpaired) electrons. The zero-order chi connectivity index (χ0) is 20.3. The van der Waals surface area contributed by atoms with Crippen LogP contribution in [0.25, 0.3) is 0 Å². The minimum atomic E-state index is -0.832. The van der Waals surface area contributed by atoms with E-state index in [1.807, 2.05) is 0 Å². The topological polar surface area (TPSA) is 83.8 Å². The lowest BCUT2D eigenvalue weighted by Crippen LogP contribution is -2.21. The molecule has 0 bridgehead atoms. The number of esters is 2. The maximum atomic E-state index is 11.5. The number of aliphatic hydroxyl groups excluding tert-OH is 2. The molecule has 0 aliphatic rings. The Labute approximate surface area is 165 Å². The Hall–Kier alpha value is -0.940. The minimum absolute atomic E-state index is 0.163. The van der Waals surface area contributed by atoms with Crippen molar-refractivity contribution in [1.29, 1.82) is 0 Å². The van der Waals surface area contributed by atoms with Gasteiger partial charge in [0.2, 0.25) is 0 Å². The second-order valence-corrected chi connectivity index (χ2v) is 7.79. The van der Waals surface area contributed by atoms with E-state index in [-0.39, 0.29) is 12.8 Å². The first-order valence-electron chi connectivity index (χ1n) is 11.0. The molecule has 0 fully saturated rings. The van der Waals surface area contributed by atoms with E-state index in [1.165, 1.54) is 77.6 Å². The maximum absolute atomic E-state index is 11.5. The van der Waals surface area contributed by atoms with Crippen molar-refractivity contribution in [2.45, 2.75) is 129 Å². The van der Waals surface area contributed by atoms with Crippen molar-refractivity contribution in [2.75, 3.05) is 0 Å². The van der Waals surface area contributed by atoms with Crippen molar-refractivity contribution >= 4 is 11.9 Å². The normalized spacial score (nSPS) is 13.3. The molecule has 0 amide bonds. The summed E-state index contributed by atoms with van der Waals surface area (Å²) >= 11 is 0. The Morgan fingerprint density at radius 2 is 1.11 bits per heavy atom. The quantitative estimate of drug-likeness (QED) is 0.195. The van der Waals surface area contributed by atoms with Crippen molar-refractivity contribution in [3.8, 4) is 0 Å². The molecule has 2 N–H and O–H groups in total. The van der Waals surface area contributed by atoms with Crippen LogP contribution in [0.5, 0.6) is 0 Å². The second kappa shape index (κ2) is 18.4. The number of aliphatic hydroxyl groups is 2. The van der Waals surface area contributed by atoms with Crippen LogP contribution >= 0.6 is 0 Å². The molecular formula is C22H42O5. The van der Waals surface area contributed by atoms with Crippen molar-refractivity contribution in [3.05, 3.63) is 0 Å². The summed E-state index contributed by atoms with van der Waals surface area (Å²) in [5, 5.41) is 18.9. The van der Waals surface area contributed by atoms with Gasteiger partial charge in [-0.2, -0.15) is 0 Å². The third kappa shape index (κ3) is 19.6. The van der Waals surface area contributed by atoms with Gasteiger partial charge in [0.05, 0.1) is 25.0 Å². The van der Waals surface area contributed by atoms with Crippen molar-refractivity contribution in [1.82, 2.24) is 0 Å². The molecule has 2 atom stereocenters. The van der Waals surface area contributed by atoms with Crippen molar-refractivity contribution in [2.24, 2.45) is 0 Å². The summed E-state index contributed by atoms with van der Waals surface area (Å²) in [6.07, 6.45) is 15.1. The fourth-order valence-corrected chi connectivity index (χ4v) is 3.14. The number of carbonyl (C=O) groups is 2.